The second kappa shape index (κ2) is 5.62. The lowest BCUT2D eigenvalue weighted by Crippen LogP contribution is -2.50. The smallest absolute Gasteiger partial charge is 0.330 e. The van der Waals surface area contributed by atoms with E-state index in [0.29, 0.717) is 6.42 Å². The summed E-state index contributed by atoms with van der Waals surface area (Å²) >= 11 is 0. The standard InChI is InChI=1S/C10H19NO3/c1-5-6-7-8(12)11-10(2,3)9(13)14-4/h5-7H2,1-4H3,(H,11,12). The molecule has 0 radical (unpaired) electrons. The summed E-state index contributed by atoms with van der Waals surface area (Å²) in [5, 5.41) is 2.63. The van der Waals surface area contributed by atoms with Crippen LogP contribution in [0.2, 0.25) is 0 Å². The Hall–Kier alpha value is -1.06. The Labute approximate surface area is 85.0 Å². The number of hydrogen-bond acceptors (Lipinski definition) is 3. The van der Waals surface area contributed by atoms with E-state index in [2.05, 4.69) is 10.1 Å². The summed E-state index contributed by atoms with van der Waals surface area (Å²) in [6.45, 7) is 5.27. The highest BCUT2D eigenvalue weighted by atomic mass is 16.5. The number of carbonyl (C=O) groups is 2. The third kappa shape index (κ3) is 4.25. The fraction of sp³-hybridized carbons (Fsp3) is 0.800. The lowest BCUT2D eigenvalue weighted by molar-refractivity contribution is -0.149. The molecule has 0 spiro atoms. The van der Waals surface area contributed by atoms with Gasteiger partial charge in [0.05, 0.1) is 7.11 Å². The highest BCUT2D eigenvalue weighted by Crippen LogP contribution is 2.05. The highest BCUT2D eigenvalue weighted by Gasteiger charge is 2.29. The van der Waals surface area contributed by atoms with Crippen molar-refractivity contribution >= 4 is 11.9 Å². The van der Waals surface area contributed by atoms with Crippen molar-refractivity contribution in [1.29, 1.82) is 0 Å². The first kappa shape index (κ1) is 12.9. The van der Waals surface area contributed by atoms with Crippen molar-refractivity contribution in [3.05, 3.63) is 0 Å². The minimum Gasteiger partial charge on any atom is -0.467 e. The summed E-state index contributed by atoms with van der Waals surface area (Å²) in [4.78, 5) is 22.5. The molecule has 0 aromatic rings. The summed E-state index contributed by atoms with van der Waals surface area (Å²) in [6, 6.07) is 0. The predicted molar refractivity (Wildman–Crippen MR) is 53.8 cm³/mol. The van der Waals surface area contributed by atoms with Crippen LogP contribution in [0, 0.1) is 0 Å². The van der Waals surface area contributed by atoms with E-state index in [4.69, 9.17) is 0 Å². The molecule has 0 heterocycles. The predicted octanol–water partition coefficient (Wildman–Crippen LogP) is 1.24. The molecule has 4 heteroatoms. The molecular formula is C10H19NO3. The van der Waals surface area contributed by atoms with Crippen molar-refractivity contribution in [3.63, 3.8) is 0 Å². The van der Waals surface area contributed by atoms with E-state index < -0.39 is 11.5 Å². The average molecular weight is 201 g/mol. The maximum atomic E-state index is 11.3. The quantitative estimate of drug-likeness (QED) is 0.681. The number of methoxy groups -OCH3 is 1. The second-order valence-electron chi connectivity index (χ2n) is 3.77. The SMILES string of the molecule is CCCCC(=O)NC(C)(C)C(=O)OC. The summed E-state index contributed by atoms with van der Waals surface area (Å²) in [5.74, 6) is -0.537. The van der Waals surface area contributed by atoms with Crippen LogP contribution in [-0.2, 0) is 14.3 Å². The van der Waals surface area contributed by atoms with Crippen LogP contribution >= 0.6 is 0 Å². The van der Waals surface area contributed by atoms with Crippen LogP contribution in [0.25, 0.3) is 0 Å². The van der Waals surface area contributed by atoms with Gasteiger partial charge in [-0.15, -0.1) is 0 Å². The number of hydrogen-bond donors (Lipinski definition) is 1. The minimum atomic E-state index is -0.931. The average Bonchev–Trinajstić information content (AvgIpc) is 2.12. The molecular weight excluding hydrogens is 182 g/mol. The second-order valence-corrected chi connectivity index (χ2v) is 3.77. The van der Waals surface area contributed by atoms with E-state index in [-0.39, 0.29) is 5.91 Å². The highest BCUT2D eigenvalue weighted by molar-refractivity contribution is 5.87. The van der Waals surface area contributed by atoms with Crippen molar-refractivity contribution in [1.82, 2.24) is 5.32 Å². The van der Waals surface area contributed by atoms with E-state index in [0.717, 1.165) is 12.8 Å². The normalized spacial score (nSPS) is 10.9. The van der Waals surface area contributed by atoms with Gasteiger partial charge in [0.15, 0.2) is 0 Å². The maximum absolute atomic E-state index is 11.3. The maximum Gasteiger partial charge on any atom is 0.330 e. The molecule has 0 bridgehead atoms. The Balaban J connectivity index is 4.08. The van der Waals surface area contributed by atoms with Gasteiger partial charge in [0.25, 0.3) is 0 Å². The van der Waals surface area contributed by atoms with E-state index in [9.17, 15) is 9.59 Å². The van der Waals surface area contributed by atoms with Crippen molar-refractivity contribution in [3.8, 4) is 0 Å². The molecule has 0 rings (SSSR count). The number of amides is 1. The molecule has 0 aliphatic carbocycles. The van der Waals surface area contributed by atoms with Crippen molar-refractivity contribution in [2.24, 2.45) is 0 Å². The molecule has 0 aromatic heterocycles. The van der Waals surface area contributed by atoms with Crippen molar-refractivity contribution in [2.75, 3.05) is 7.11 Å². The Kier molecular flexibility index (Phi) is 5.20. The van der Waals surface area contributed by atoms with Crippen molar-refractivity contribution < 1.29 is 14.3 Å². The van der Waals surface area contributed by atoms with E-state index in [1.807, 2.05) is 6.92 Å². The zero-order valence-corrected chi connectivity index (χ0v) is 9.35. The molecule has 1 N–H and O–H groups in total. The molecule has 0 aliphatic heterocycles. The van der Waals surface area contributed by atoms with Gasteiger partial charge in [0.2, 0.25) is 5.91 Å². The van der Waals surface area contributed by atoms with Gasteiger partial charge in [-0.1, -0.05) is 13.3 Å². The summed E-state index contributed by atoms with van der Waals surface area (Å²) in [7, 11) is 1.31. The van der Waals surface area contributed by atoms with E-state index in [1.165, 1.54) is 7.11 Å². The third-order valence-corrected chi connectivity index (χ3v) is 1.91. The zero-order chi connectivity index (χ0) is 11.2. The number of unbranched alkanes of at least 4 members (excludes halogenated alkanes) is 1. The number of esters is 1. The Bertz CT molecular complexity index is 211. The minimum absolute atomic E-state index is 0.109. The molecule has 0 aromatic carbocycles. The molecule has 0 unspecified atom stereocenters. The topological polar surface area (TPSA) is 55.4 Å². The van der Waals surface area contributed by atoms with Crippen LogP contribution in [0.4, 0.5) is 0 Å². The van der Waals surface area contributed by atoms with Gasteiger partial charge >= 0.3 is 5.97 Å². The molecule has 0 fully saturated rings. The fourth-order valence-electron chi connectivity index (χ4n) is 1.05. The van der Waals surface area contributed by atoms with Gasteiger partial charge in [-0.25, -0.2) is 4.79 Å². The molecule has 0 atom stereocenters. The number of rotatable bonds is 5. The first-order valence-electron chi connectivity index (χ1n) is 4.83. The van der Waals surface area contributed by atoms with Gasteiger partial charge < -0.3 is 10.1 Å². The molecule has 0 aliphatic rings. The van der Waals surface area contributed by atoms with E-state index >= 15 is 0 Å². The summed E-state index contributed by atoms with van der Waals surface area (Å²) < 4.78 is 4.57. The van der Waals surface area contributed by atoms with Crippen LogP contribution in [-0.4, -0.2) is 24.5 Å². The van der Waals surface area contributed by atoms with E-state index in [1.54, 1.807) is 13.8 Å². The number of ether oxygens (including phenoxy) is 1. The number of nitrogens with one attached hydrogen (secondary N) is 1. The van der Waals surface area contributed by atoms with Crippen LogP contribution in [0.1, 0.15) is 40.0 Å². The Morgan fingerprint density at radius 3 is 2.36 bits per heavy atom. The zero-order valence-electron chi connectivity index (χ0n) is 9.35. The largest absolute Gasteiger partial charge is 0.467 e. The monoisotopic (exact) mass is 201 g/mol. The van der Waals surface area contributed by atoms with Gasteiger partial charge in [-0.3, -0.25) is 4.79 Å². The summed E-state index contributed by atoms with van der Waals surface area (Å²) in [5.41, 5.74) is -0.931. The molecule has 14 heavy (non-hydrogen) atoms. The molecule has 1 amide bonds. The van der Waals surface area contributed by atoms with Gasteiger partial charge in [0, 0.05) is 6.42 Å². The van der Waals surface area contributed by atoms with Crippen LogP contribution in [0.15, 0.2) is 0 Å². The lowest BCUT2D eigenvalue weighted by Gasteiger charge is -2.22. The molecule has 0 saturated heterocycles. The van der Waals surface area contributed by atoms with Crippen LogP contribution < -0.4 is 5.32 Å². The van der Waals surface area contributed by atoms with Crippen LogP contribution in [0.5, 0.6) is 0 Å². The van der Waals surface area contributed by atoms with Gasteiger partial charge in [-0.05, 0) is 20.3 Å². The van der Waals surface area contributed by atoms with Crippen molar-refractivity contribution in [2.45, 2.75) is 45.6 Å². The Morgan fingerprint density at radius 2 is 1.93 bits per heavy atom. The first-order chi connectivity index (χ1) is 6.44. The van der Waals surface area contributed by atoms with Crippen LogP contribution in [0.3, 0.4) is 0 Å². The first-order valence-corrected chi connectivity index (χ1v) is 4.83. The third-order valence-electron chi connectivity index (χ3n) is 1.91. The molecule has 4 nitrogen and oxygen atoms in total. The Morgan fingerprint density at radius 1 is 1.36 bits per heavy atom. The lowest BCUT2D eigenvalue weighted by atomic mass is 10.1. The molecule has 0 saturated carbocycles. The van der Waals surface area contributed by atoms with Gasteiger partial charge in [-0.2, -0.15) is 0 Å². The fourth-order valence-corrected chi connectivity index (χ4v) is 1.05. The number of carbonyl (C=O) groups excluding carboxylic acids is 2. The molecule has 82 valence electrons. The summed E-state index contributed by atoms with van der Waals surface area (Å²) in [6.07, 6.45) is 2.26. The van der Waals surface area contributed by atoms with Gasteiger partial charge in [0.1, 0.15) is 5.54 Å².